The van der Waals surface area contributed by atoms with E-state index in [9.17, 15) is 14.4 Å². The molecule has 6 nitrogen and oxygen atoms in total. The van der Waals surface area contributed by atoms with Gasteiger partial charge in [0.25, 0.3) is 0 Å². The summed E-state index contributed by atoms with van der Waals surface area (Å²) in [5.41, 5.74) is 1.46. The first-order valence-electron chi connectivity index (χ1n) is 8.86. The molecule has 0 fully saturated rings. The number of amides is 1. The first-order valence-corrected chi connectivity index (χ1v) is 9.67. The summed E-state index contributed by atoms with van der Waals surface area (Å²) in [5.74, 6) is -1.82. The highest BCUT2D eigenvalue weighted by Crippen LogP contribution is 2.37. The van der Waals surface area contributed by atoms with Crippen molar-refractivity contribution in [2.45, 2.75) is 64.7 Å². The quantitative estimate of drug-likeness (QED) is 0.747. The van der Waals surface area contributed by atoms with E-state index in [0.29, 0.717) is 10.6 Å². The molecule has 0 atom stereocenters. The predicted octanol–water partition coefficient (Wildman–Crippen LogP) is 3.78. The van der Waals surface area contributed by atoms with Crippen LogP contribution in [0.1, 0.15) is 72.7 Å². The van der Waals surface area contributed by atoms with Crippen molar-refractivity contribution >= 4 is 34.2 Å². The molecule has 0 radical (unpaired) electrons. The van der Waals surface area contributed by atoms with Gasteiger partial charge in [-0.05, 0) is 38.2 Å². The number of hydrogen-bond donors (Lipinski definition) is 2. The fraction of sp³-hybridized carbons (Fsp3) is 0.611. The van der Waals surface area contributed by atoms with E-state index in [1.165, 1.54) is 24.2 Å². The van der Waals surface area contributed by atoms with Crippen LogP contribution < -0.4 is 5.32 Å². The molecule has 25 heavy (non-hydrogen) atoms. The Morgan fingerprint density at radius 1 is 1.08 bits per heavy atom. The van der Waals surface area contributed by atoms with Gasteiger partial charge in [-0.25, -0.2) is 4.79 Å². The van der Waals surface area contributed by atoms with Gasteiger partial charge in [0.05, 0.1) is 18.6 Å². The molecule has 1 amide bonds. The molecule has 1 aromatic heterocycles. The number of esters is 1. The molecule has 1 heterocycles. The molecule has 2 rings (SSSR count). The minimum Gasteiger partial charge on any atom is -0.481 e. The van der Waals surface area contributed by atoms with Crippen molar-refractivity contribution in [3.8, 4) is 0 Å². The van der Waals surface area contributed by atoms with Crippen molar-refractivity contribution in [2.24, 2.45) is 0 Å². The number of carboxylic acid groups (broad SMARTS) is 1. The molecule has 7 heteroatoms. The average molecular weight is 367 g/mol. The van der Waals surface area contributed by atoms with Gasteiger partial charge in [0.1, 0.15) is 5.00 Å². The SMILES string of the molecule is CCOC(=O)c1c(NC(=O)CCC(=O)O)sc2c1CCCCCCC2. The van der Waals surface area contributed by atoms with Gasteiger partial charge >= 0.3 is 11.9 Å². The van der Waals surface area contributed by atoms with E-state index in [1.807, 2.05) is 0 Å². The first-order chi connectivity index (χ1) is 12.0. The molecular weight excluding hydrogens is 342 g/mol. The number of aliphatic carboxylic acids is 1. The zero-order valence-electron chi connectivity index (χ0n) is 14.6. The second-order valence-electron chi connectivity index (χ2n) is 6.14. The number of fused-ring (bicyclic) bond motifs is 1. The Balaban J connectivity index is 2.28. The molecule has 2 N–H and O–H groups in total. The number of ether oxygens (including phenoxy) is 1. The van der Waals surface area contributed by atoms with Gasteiger partial charge < -0.3 is 15.2 Å². The third kappa shape index (κ3) is 5.56. The van der Waals surface area contributed by atoms with Crippen molar-refractivity contribution in [1.82, 2.24) is 0 Å². The van der Waals surface area contributed by atoms with Crippen molar-refractivity contribution in [3.63, 3.8) is 0 Å². The lowest BCUT2D eigenvalue weighted by Gasteiger charge is -2.08. The number of anilines is 1. The minimum absolute atomic E-state index is 0.111. The maximum absolute atomic E-state index is 12.5. The van der Waals surface area contributed by atoms with E-state index in [1.54, 1.807) is 6.92 Å². The molecule has 138 valence electrons. The van der Waals surface area contributed by atoms with E-state index in [0.717, 1.165) is 42.5 Å². The fourth-order valence-electron chi connectivity index (χ4n) is 3.01. The summed E-state index contributed by atoms with van der Waals surface area (Å²) in [6.07, 6.45) is 6.98. The number of aryl methyl sites for hydroxylation is 1. The Kier molecular flexibility index (Phi) is 7.43. The molecule has 0 aromatic carbocycles. The van der Waals surface area contributed by atoms with Crippen molar-refractivity contribution in [1.29, 1.82) is 0 Å². The van der Waals surface area contributed by atoms with Crippen LogP contribution in [-0.4, -0.2) is 29.6 Å². The van der Waals surface area contributed by atoms with Gasteiger partial charge in [-0.1, -0.05) is 19.3 Å². The summed E-state index contributed by atoms with van der Waals surface area (Å²) >= 11 is 1.43. The Bertz CT molecular complexity index is 638. The molecule has 0 saturated carbocycles. The largest absolute Gasteiger partial charge is 0.481 e. The summed E-state index contributed by atoms with van der Waals surface area (Å²) in [4.78, 5) is 36.3. The van der Waals surface area contributed by atoms with Crippen molar-refractivity contribution in [2.75, 3.05) is 11.9 Å². The molecule has 0 bridgehead atoms. The van der Waals surface area contributed by atoms with Crippen molar-refractivity contribution in [3.05, 3.63) is 16.0 Å². The van der Waals surface area contributed by atoms with Gasteiger partial charge in [0, 0.05) is 11.3 Å². The van der Waals surface area contributed by atoms with E-state index in [-0.39, 0.29) is 25.4 Å². The van der Waals surface area contributed by atoms with Crippen LogP contribution >= 0.6 is 11.3 Å². The summed E-state index contributed by atoms with van der Waals surface area (Å²) < 4.78 is 5.20. The van der Waals surface area contributed by atoms with Gasteiger partial charge in [-0.3, -0.25) is 9.59 Å². The Morgan fingerprint density at radius 2 is 1.76 bits per heavy atom. The van der Waals surface area contributed by atoms with Crippen LogP contribution in [0.3, 0.4) is 0 Å². The lowest BCUT2D eigenvalue weighted by molar-refractivity contribution is -0.138. The Labute approximate surface area is 151 Å². The average Bonchev–Trinajstić information content (AvgIpc) is 2.93. The lowest BCUT2D eigenvalue weighted by Crippen LogP contribution is -2.16. The summed E-state index contributed by atoms with van der Waals surface area (Å²) in [7, 11) is 0. The number of carbonyl (C=O) groups is 3. The summed E-state index contributed by atoms with van der Waals surface area (Å²) in [6.45, 7) is 2.03. The highest BCUT2D eigenvalue weighted by Gasteiger charge is 2.26. The van der Waals surface area contributed by atoms with E-state index >= 15 is 0 Å². The molecule has 0 unspecified atom stereocenters. The molecule has 0 aliphatic heterocycles. The minimum atomic E-state index is -1.02. The molecule has 0 saturated heterocycles. The maximum Gasteiger partial charge on any atom is 0.341 e. The standard InChI is InChI=1S/C18H25NO5S/c1-2-24-18(23)16-12-8-6-4-3-5-7-9-13(12)25-17(16)19-14(20)10-11-15(21)22/h2-11H2,1H3,(H,19,20)(H,21,22). The monoisotopic (exact) mass is 367 g/mol. The third-order valence-corrected chi connectivity index (χ3v) is 5.43. The summed E-state index contributed by atoms with van der Waals surface area (Å²) in [6, 6.07) is 0. The van der Waals surface area contributed by atoms with E-state index in [4.69, 9.17) is 9.84 Å². The molecule has 1 aromatic rings. The first kappa shape index (κ1) is 19.4. The zero-order valence-corrected chi connectivity index (χ0v) is 15.4. The Hall–Kier alpha value is -1.89. The normalized spacial score (nSPS) is 14.6. The number of hydrogen-bond acceptors (Lipinski definition) is 5. The highest BCUT2D eigenvalue weighted by molar-refractivity contribution is 7.17. The van der Waals surface area contributed by atoms with Gasteiger partial charge in [-0.2, -0.15) is 0 Å². The van der Waals surface area contributed by atoms with Crippen LogP contribution in [0.2, 0.25) is 0 Å². The molecular formula is C18H25NO5S. The summed E-state index contributed by atoms with van der Waals surface area (Å²) in [5, 5.41) is 11.9. The molecule has 0 spiro atoms. The smallest absolute Gasteiger partial charge is 0.341 e. The fourth-order valence-corrected chi connectivity index (χ4v) is 4.31. The highest BCUT2D eigenvalue weighted by atomic mass is 32.1. The third-order valence-electron chi connectivity index (χ3n) is 4.22. The van der Waals surface area contributed by atoms with Crippen LogP contribution in [-0.2, 0) is 27.2 Å². The van der Waals surface area contributed by atoms with Gasteiger partial charge in [0.2, 0.25) is 5.91 Å². The molecule has 1 aliphatic rings. The van der Waals surface area contributed by atoms with E-state index in [2.05, 4.69) is 5.32 Å². The zero-order chi connectivity index (χ0) is 18.2. The van der Waals surface area contributed by atoms with Crippen molar-refractivity contribution < 1.29 is 24.2 Å². The second-order valence-corrected chi connectivity index (χ2v) is 7.24. The van der Waals surface area contributed by atoms with E-state index < -0.39 is 11.9 Å². The number of carboxylic acids is 1. The van der Waals surface area contributed by atoms with Crippen LogP contribution in [0, 0.1) is 0 Å². The lowest BCUT2D eigenvalue weighted by atomic mass is 10.0. The topological polar surface area (TPSA) is 92.7 Å². The van der Waals surface area contributed by atoms with Gasteiger partial charge in [0.15, 0.2) is 0 Å². The predicted molar refractivity (Wildman–Crippen MR) is 96.3 cm³/mol. The van der Waals surface area contributed by atoms with Crippen LogP contribution in [0.15, 0.2) is 0 Å². The van der Waals surface area contributed by atoms with Crippen LogP contribution in [0.25, 0.3) is 0 Å². The van der Waals surface area contributed by atoms with Gasteiger partial charge in [-0.15, -0.1) is 11.3 Å². The molecule has 1 aliphatic carbocycles. The second kappa shape index (κ2) is 9.56. The number of carbonyl (C=O) groups excluding carboxylic acids is 2. The maximum atomic E-state index is 12.5. The number of nitrogens with one attached hydrogen (secondary N) is 1. The number of rotatable bonds is 6. The van der Waals surface area contributed by atoms with Crippen LogP contribution in [0.5, 0.6) is 0 Å². The number of thiophene rings is 1. The Morgan fingerprint density at radius 3 is 2.44 bits per heavy atom. The van der Waals surface area contributed by atoms with Crippen LogP contribution in [0.4, 0.5) is 5.00 Å².